The number of pyridine rings is 2. The summed E-state index contributed by atoms with van der Waals surface area (Å²) in [6.45, 7) is 7.19. The van der Waals surface area contributed by atoms with E-state index in [1.165, 1.54) is 12.1 Å². The van der Waals surface area contributed by atoms with Crippen molar-refractivity contribution in [3.63, 3.8) is 0 Å². The van der Waals surface area contributed by atoms with Gasteiger partial charge >= 0.3 is 11.9 Å². The zero-order chi connectivity index (χ0) is 45.1. The lowest BCUT2D eigenvalue weighted by Crippen LogP contribution is -2.11. The zero-order valence-electron chi connectivity index (χ0n) is 35.9. The van der Waals surface area contributed by atoms with E-state index in [1.54, 1.807) is 48.5 Å². The van der Waals surface area contributed by atoms with Crippen molar-refractivity contribution >= 4 is 11.9 Å². The van der Waals surface area contributed by atoms with E-state index in [1.807, 2.05) is 74.5 Å². The van der Waals surface area contributed by atoms with Crippen molar-refractivity contribution in [3.05, 3.63) is 155 Å². The van der Waals surface area contributed by atoms with Gasteiger partial charge in [-0.3, -0.25) is 0 Å². The van der Waals surface area contributed by atoms with Crippen molar-refractivity contribution in [1.82, 2.24) is 9.97 Å². The normalized spacial score (nSPS) is 11.6. The highest BCUT2D eigenvalue weighted by molar-refractivity contribution is 5.69. The van der Waals surface area contributed by atoms with Gasteiger partial charge in [-0.15, -0.1) is 0 Å². The summed E-state index contributed by atoms with van der Waals surface area (Å²) >= 11 is 0. The van der Waals surface area contributed by atoms with Crippen LogP contribution in [-0.4, -0.2) is 45.3 Å². The number of carboxylic acid groups (broad SMARTS) is 2. The van der Waals surface area contributed by atoms with Crippen LogP contribution in [0.2, 0.25) is 0 Å². The summed E-state index contributed by atoms with van der Waals surface area (Å²) in [7, 11) is 0. The fraction of sp³-hybridized carbons (Fsp3) is 0.275. The number of hydrogen-bond donors (Lipinski definition) is 2. The van der Waals surface area contributed by atoms with Gasteiger partial charge in [0.15, 0.2) is 13.2 Å². The van der Waals surface area contributed by atoms with E-state index in [4.69, 9.17) is 44.4 Å². The molecule has 6 rings (SSSR count). The molecule has 0 fully saturated rings. The molecule has 0 bridgehead atoms. The summed E-state index contributed by atoms with van der Waals surface area (Å²) in [4.78, 5) is 31.1. The molecule has 12 heteroatoms. The maximum Gasteiger partial charge on any atom is 0.341 e. The standard InChI is InChI=1S/C26H26N2O4.C25H26FNO4/c1-3-4-8-25(32-21-13-14-24(18(2)15-21)31-17-26(29)30)23-7-5-6-22(28-23)20-11-9-19(16-27)10-12-20;1-3-4-8-24(31-20-13-14-23(17(2)15-20)30-16-25(28)29)22-7-5-6-21(27-22)18-9-11-19(26)12-10-18/h5-7,9-15,25H,3-4,8,17H2,1-2H3,(H,29,30);5-7,9-15,24H,3-4,8,16H2,1-2H3,(H,28,29). The summed E-state index contributed by atoms with van der Waals surface area (Å²) in [6.07, 6.45) is 5.18. The maximum atomic E-state index is 13.3. The van der Waals surface area contributed by atoms with Gasteiger partial charge in [-0.05, 0) is 148 Å². The van der Waals surface area contributed by atoms with E-state index in [-0.39, 0.29) is 31.2 Å². The van der Waals surface area contributed by atoms with E-state index in [0.717, 1.165) is 83.6 Å². The van der Waals surface area contributed by atoms with Gasteiger partial charge in [0.25, 0.3) is 0 Å². The predicted octanol–water partition coefficient (Wildman–Crippen LogP) is 11.7. The summed E-state index contributed by atoms with van der Waals surface area (Å²) in [5.74, 6) is 0.0495. The summed E-state index contributed by atoms with van der Waals surface area (Å²) in [5, 5.41) is 26.6. The molecular weight excluding hydrogens is 802 g/mol. The Bertz CT molecular complexity index is 2470. The number of ether oxygens (including phenoxy) is 4. The van der Waals surface area contributed by atoms with Gasteiger partial charge in [-0.2, -0.15) is 5.26 Å². The Hall–Kier alpha value is -7.26. The molecule has 0 aliphatic heterocycles. The second kappa shape index (κ2) is 23.7. The van der Waals surface area contributed by atoms with Crippen molar-refractivity contribution in [3.8, 4) is 51.6 Å². The van der Waals surface area contributed by atoms with Crippen molar-refractivity contribution in [2.45, 2.75) is 78.4 Å². The molecule has 2 N–H and O–H groups in total. The number of carboxylic acids is 2. The molecule has 326 valence electrons. The molecule has 0 aliphatic carbocycles. The molecule has 6 aromatic rings. The minimum Gasteiger partial charge on any atom is -0.484 e. The molecular formula is C51H52FN3O8. The van der Waals surface area contributed by atoms with Crippen LogP contribution in [-0.2, 0) is 9.59 Å². The van der Waals surface area contributed by atoms with Crippen LogP contribution in [0.4, 0.5) is 4.39 Å². The Kier molecular flexibility index (Phi) is 17.6. The van der Waals surface area contributed by atoms with Crippen molar-refractivity contribution in [2.24, 2.45) is 0 Å². The molecule has 11 nitrogen and oxygen atoms in total. The quantitative estimate of drug-likeness (QED) is 0.0752. The maximum absolute atomic E-state index is 13.3. The molecule has 0 saturated heterocycles. The number of halogens is 1. The number of benzene rings is 4. The van der Waals surface area contributed by atoms with E-state index in [2.05, 4.69) is 19.9 Å². The van der Waals surface area contributed by atoms with Crippen molar-refractivity contribution in [2.75, 3.05) is 13.2 Å². The van der Waals surface area contributed by atoms with Gasteiger partial charge in [0.2, 0.25) is 0 Å². The van der Waals surface area contributed by atoms with Gasteiger partial charge < -0.3 is 29.2 Å². The lowest BCUT2D eigenvalue weighted by atomic mass is 10.1. The lowest BCUT2D eigenvalue weighted by molar-refractivity contribution is -0.140. The molecule has 0 amide bonds. The highest BCUT2D eigenvalue weighted by atomic mass is 19.1. The van der Waals surface area contributed by atoms with Crippen LogP contribution in [0.1, 0.15) is 92.7 Å². The van der Waals surface area contributed by atoms with E-state index < -0.39 is 11.9 Å². The molecule has 0 aliphatic rings. The Balaban J connectivity index is 0.000000238. The third-order valence-electron chi connectivity index (χ3n) is 9.84. The fourth-order valence-electron chi connectivity index (χ4n) is 6.55. The highest BCUT2D eigenvalue weighted by Crippen LogP contribution is 2.32. The Morgan fingerprint density at radius 3 is 1.44 bits per heavy atom. The first-order chi connectivity index (χ1) is 30.5. The van der Waals surface area contributed by atoms with E-state index in [9.17, 15) is 14.0 Å². The SMILES string of the molecule is CCCCC(Oc1ccc(OCC(=O)O)c(C)c1)c1cccc(-c2ccc(C#N)cc2)n1.CCCCC(Oc1ccc(OCC(=O)O)c(C)c1)c1cccc(-c2ccc(F)cc2)n1. The molecule has 0 radical (unpaired) electrons. The van der Waals surface area contributed by atoms with Gasteiger partial charge in [-0.1, -0.05) is 51.0 Å². The largest absolute Gasteiger partial charge is 0.484 e. The first-order valence-corrected chi connectivity index (χ1v) is 20.9. The molecule has 2 atom stereocenters. The highest BCUT2D eigenvalue weighted by Gasteiger charge is 2.19. The number of rotatable bonds is 20. The second-order valence-corrected chi connectivity index (χ2v) is 14.8. The first kappa shape index (κ1) is 46.8. The van der Waals surface area contributed by atoms with Gasteiger partial charge in [-0.25, -0.2) is 23.9 Å². The Labute approximate surface area is 367 Å². The van der Waals surface area contributed by atoms with Crippen LogP contribution >= 0.6 is 0 Å². The van der Waals surface area contributed by atoms with Crippen LogP contribution in [0.3, 0.4) is 0 Å². The number of nitriles is 1. The number of aryl methyl sites for hydroxylation is 2. The van der Waals surface area contributed by atoms with Crippen LogP contribution < -0.4 is 18.9 Å². The van der Waals surface area contributed by atoms with E-state index >= 15 is 0 Å². The predicted molar refractivity (Wildman–Crippen MR) is 238 cm³/mol. The lowest BCUT2D eigenvalue weighted by Gasteiger charge is -2.20. The molecule has 4 aromatic carbocycles. The second-order valence-electron chi connectivity index (χ2n) is 14.8. The number of nitrogens with zero attached hydrogens (tertiary/aromatic N) is 3. The van der Waals surface area contributed by atoms with Crippen molar-refractivity contribution in [1.29, 1.82) is 5.26 Å². The number of carbonyl (C=O) groups is 2. The fourth-order valence-corrected chi connectivity index (χ4v) is 6.55. The zero-order valence-corrected chi connectivity index (χ0v) is 35.9. The number of hydrogen-bond acceptors (Lipinski definition) is 9. The minimum atomic E-state index is -1.02. The Morgan fingerprint density at radius 2 is 1.06 bits per heavy atom. The average molecular weight is 854 g/mol. The first-order valence-electron chi connectivity index (χ1n) is 20.9. The van der Waals surface area contributed by atoms with Crippen LogP contribution in [0.25, 0.3) is 22.5 Å². The topological polar surface area (TPSA) is 161 Å². The molecule has 0 saturated carbocycles. The minimum absolute atomic E-state index is 0.224. The number of unbranched alkanes of at least 4 members (excludes halogenated alkanes) is 2. The van der Waals surface area contributed by atoms with Gasteiger partial charge in [0.05, 0.1) is 34.4 Å². The molecule has 2 unspecified atom stereocenters. The van der Waals surface area contributed by atoms with Gasteiger partial charge in [0.1, 0.15) is 41.0 Å². The number of aromatic nitrogens is 2. The molecule has 63 heavy (non-hydrogen) atoms. The molecule has 0 spiro atoms. The summed E-state index contributed by atoms with van der Waals surface area (Å²) < 4.78 is 36.4. The number of aliphatic carboxylic acids is 2. The smallest absolute Gasteiger partial charge is 0.341 e. The third-order valence-corrected chi connectivity index (χ3v) is 9.84. The molecule has 2 heterocycles. The van der Waals surface area contributed by atoms with E-state index in [0.29, 0.717) is 28.6 Å². The van der Waals surface area contributed by atoms with Crippen LogP contribution in [0, 0.1) is 31.0 Å². The van der Waals surface area contributed by atoms with Crippen molar-refractivity contribution < 1.29 is 43.1 Å². The average Bonchev–Trinajstić information content (AvgIpc) is 3.29. The van der Waals surface area contributed by atoms with Crippen LogP contribution in [0.15, 0.2) is 121 Å². The molecule has 2 aromatic heterocycles. The summed E-state index contributed by atoms with van der Waals surface area (Å²) in [6, 6.07) is 38.1. The van der Waals surface area contributed by atoms with Gasteiger partial charge in [0, 0.05) is 11.1 Å². The third kappa shape index (κ3) is 14.4. The Morgan fingerprint density at radius 1 is 0.635 bits per heavy atom. The monoisotopic (exact) mass is 853 g/mol. The summed E-state index contributed by atoms with van der Waals surface area (Å²) in [5.41, 5.74) is 7.22. The van der Waals surface area contributed by atoms with Crippen LogP contribution in [0.5, 0.6) is 23.0 Å².